The molecule has 1 amide bonds. The Bertz CT molecular complexity index is 496. The van der Waals surface area contributed by atoms with E-state index in [0.29, 0.717) is 29.6 Å². The van der Waals surface area contributed by atoms with Crippen LogP contribution in [0.5, 0.6) is 0 Å². The van der Waals surface area contributed by atoms with Gasteiger partial charge >= 0.3 is 0 Å². The molecular formula is C12H16BrN3O4. The summed E-state index contributed by atoms with van der Waals surface area (Å²) in [5, 5.41) is 13.4. The Kier molecular flexibility index (Phi) is 6.56. The normalized spacial score (nSPS) is 11.9. The van der Waals surface area contributed by atoms with Crippen LogP contribution in [0.1, 0.15) is 12.8 Å². The molecule has 0 aromatic heterocycles. The number of nitrogens with two attached hydrogens (primary N) is 1. The van der Waals surface area contributed by atoms with Crippen molar-refractivity contribution in [3.63, 3.8) is 0 Å². The zero-order chi connectivity index (χ0) is 15.1. The van der Waals surface area contributed by atoms with Gasteiger partial charge in [-0.2, -0.15) is 0 Å². The molecular weight excluding hydrogens is 330 g/mol. The topological polar surface area (TPSA) is 107 Å². The van der Waals surface area contributed by atoms with Gasteiger partial charge in [-0.15, -0.1) is 0 Å². The maximum absolute atomic E-state index is 11.8. The molecule has 1 atom stereocenters. The van der Waals surface area contributed by atoms with E-state index < -0.39 is 11.0 Å². The third-order valence-corrected chi connectivity index (χ3v) is 3.28. The summed E-state index contributed by atoms with van der Waals surface area (Å²) in [5.74, 6) is -0.377. The van der Waals surface area contributed by atoms with Crippen molar-refractivity contribution >= 4 is 33.2 Å². The molecule has 0 saturated carbocycles. The van der Waals surface area contributed by atoms with Crippen molar-refractivity contribution in [3.05, 3.63) is 32.8 Å². The lowest BCUT2D eigenvalue weighted by Gasteiger charge is -2.12. The van der Waals surface area contributed by atoms with Crippen molar-refractivity contribution in [2.24, 2.45) is 5.73 Å². The van der Waals surface area contributed by atoms with Crippen LogP contribution in [0.25, 0.3) is 0 Å². The lowest BCUT2D eigenvalue weighted by atomic mass is 10.1. The van der Waals surface area contributed by atoms with E-state index in [2.05, 4.69) is 21.2 Å². The monoisotopic (exact) mass is 345 g/mol. The molecule has 1 aromatic carbocycles. The highest BCUT2D eigenvalue weighted by molar-refractivity contribution is 9.10. The van der Waals surface area contributed by atoms with Gasteiger partial charge in [-0.05, 0) is 40.9 Å². The minimum absolute atomic E-state index is 0.115. The van der Waals surface area contributed by atoms with E-state index in [1.807, 2.05) is 0 Å². The second kappa shape index (κ2) is 7.93. The van der Waals surface area contributed by atoms with Gasteiger partial charge in [0.05, 0.1) is 15.4 Å². The number of nitrogens with one attached hydrogen (secondary N) is 1. The second-order valence-corrected chi connectivity index (χ2v) is 5.01. The van der Waals surface area contributed by atoms with Crippen molar-refractivity contribution in [2.75, 3.05) is 19.0 Å². The van der Waals surface area contributed by atoms with Gasteiger partial charge in [0.1, 0.15) is 0 Å². The van der Waals surface area contributed by atoms with Gasteiger partial charge in [-0.1, -0.05) is 0 Å². The molecule has 110 valence electrons. The average Bonchev–Trinajstić information content (AvgIpc) is 2.40. The number of ether oxygens (including phenoxy) is 1. The summed E-state index contributed by atoms with van der Waals surface area (Å²) in [6.07, 6.45) is 1.16. The van der Waals surface area contributed by atoms with E-state index in [1.165, 1.54) is 12.1 Å². The van der Waals surface area contributed by atoms with Crippen molar-refractivity contribution < 1.29 is 14.5 Å². The maximum atomic E-state index is 11.8. The Morgan fingerprint density at radius 1 is 1.60 bits per heavy atom. The summed E-state index contributed by atoms with van der Waals surface area (Å²) in [6, 6.07) is 3.68. The van der Waals surface area contributed by atoms with Crippen LogP contribution in [0.15, 0.2) is 22.7 Å². The van der Waals surface area contributed by atoms with Crippen LogP contribution in [-0.4, -0.2) is 30.6 Å². The molecule has 0 spiro atoms. The molecule has 1 aromatic rings. The van der Waals surface area contributed by atoms with Crippen LogP contribution in [0, 0.1) is 10.1 Å². The van der Waals surface area contributed by atoms with E-state index >= 15 is 0 Å². The quantitative estimate of drug-likeness (QED) is 0.446. The smallest absolute Gasteiger partial charge is 0.285 e. The Morgan fingerprint density at radius 3 is 2.90 bits per heavy atom. The summed E-state index contributed by atoms with van der Waals surface area (Å²) >= 11 is 3.08. The number of amides is 1. The van der Waals surface area contributed by atoms with Gasteiger partial charge in [0.15, 0.2) is 0 Å². The van der Waals surface area contributed by atoms with Crippen LogP contribution in [0.3, 0.4) is 0 Å². The predicted molar refractivity (Wildman–Crippen MR) is 78.5 cm³/mol. The molecule has 0 bridgehead atoms. The molecule has 0 saturated heterocycles. The number of carbonyl (C=O) groups is 1. The molecule has 0 radical (unpaired) electrons. The first kappa shape index (κ1) is 16.5. The van der Waals surface area contributed by atoms with Crippen molar-refractivity contribution in [3.8, 4) is 0 Å². The summed E-state index contributed by atoms with van der Waals surface area (Å²) in [5.41, 5.74) is 5.95. The fourth-order valence-electron chi connectivity index (χ4n) is 1.54. The van der Waals surface area contributed by atoms with Gasteiger partial charge in [-0.3, -0.25) is 14.9 Å². The molecule has 0 aliphatic carbocycles. The minimum atomic E-state index is -0.673. The second-order valence-electron chi connectivity index (χ2n) is 4.15. The van der Waals surface area contributed by atoms with Crippen LogP contribution < -0.4 is 11.1 Å². The molecule has 0 aliphatic heterocycles. The SMILES string of the molecule is COCCCC(N)C(=O)Nc1ccc(Br)c([N+](=O)[O-])c1. The lowest BCUT2D eigenvalue weighted by Crippen LogP contribution is -2.35. The highest BCUT2D eigenvalue weighted by Crippen LogP contribution is 2.27. The number of nitrogens with zero attached hydrogens (tertiary/aromatic N) is 1. The van der Waals surface area contributed by atoms with E-state index in [0.717, 1.165) is 0 Å². The largest absolute Gasteiger partial charge is 0.385 e. The van der Waals surface area contributed by atoms with Gasteiger partial charge in [0.25, 0.3) is 5.69 Å². The van der Waals surface area contributed by atoms with Gasteiger partial charge in [0, 0.05) is 25.5 Å². The zero-order valence-corrected chi connectivity index (χ0v) is 12.6. The molecule has 8 heteroatoms. The Balaban J connectivity index is 2.66. The average molecular weight is 346 g/mol. The van der Waals surface area contributed by atoms with E-state index in [1.54, 1.807) is 13.2 Å². The molecule has 0 heterocycles. The number of nitro groups is 1. The number of nitro benzene ring substituents is 1. The van der Waals surface area contributed by atoms with Crippen molar-refractivity contribution in [1.82, 2.24) is 0 Å². The maximum Gasteiger partial charge on any atom is 0.285 e. The van der Waals surface area contributed by atoms with Crippen molar-refractivity contribution in [1.29, 1.82) is 0 Å². The Morgan fingerprint density at radius 2 is 2.30 bits per heavy atom. The number of hydrogen-bond donors (Lipinski definition) is 2. The molecule has 7 nitrogen and oxygen atoms in total. The van der Waals surface area contributed by atoms with E-state index in [4.69, 9.17) is 10.5 Å². The number of carbonyl (C=O) groups excluding carboxylic acids is 1. The standard InChI is InChI=1S/C12H16BrN3O4/c1-20-6-2-3-10(14)12(17)15-8-4-5-9(13)11(7-8)16(18)19/h4-5,7,10H,2-3,6,14H2,1H3,(H,15,17). The molecule has 3 N–H and O–H groups in total. The highest BCUT2D eigenvalue weighted by Gasteiger charge is 2.16. The summed E-state index contributed by atoms with van der Waals surface area (Å²) < 4.78 is 5.23. The van der Waals surface area contributed by atoms with Crippen molar-refractivity contribution in [2.45, 2.75) is 18.9 Å². The van der Waals surface area contributed by atoms with E-state index in [9.17, 15) is 14.9 Å². The van der Waals surface area contributed by atoms with Gasteiger partial charge in [-0.25, -0.2) is 0 Å². The Hall–Kier alpha value is -1.51. The number of hydrogen-bond acceptors (Lipinski definition) is 5. The van der Waals surface area contributed by atoms with Crippen LogP contribution in [-0.2, 0) is 9.53 Å². The first-order valence-corrected chi connectivity index (χ1v) is 6.74. The number of benzene rings is 1. The minimum Gasteiger partial charge on any atom is -0.385 e. The first-order valence-electron chi connectivity index (χ1n) is 5.95. The summed E-state index contributed by atoms with van der Waals surface area (Å²) in [4.78, 5) is 22.1. The van der Waals surface area contributed by atoms with Gasteiger partial charge in [0.2, 0.25) is 5.91 Å². The fourth-order valence-corrected chi connectivity index (χ4v) is 1.94. The van der Waals surface area contributed by atoms with E-state index in [-0.39, 0.29) is 11.6 Å². The molecule has 1 unspecified atom stereocenters. The fraction of sp³-hybridized carbons (Fsp3) is 0.417. The third-order valence-electron chi connectivity index (χ3n) is 2.61. The Labute approximate surface area is 124 Å². The molecule has 20 heavy (non-hydrogen) atoms. The molecule has 1 rings (SSSR count). The van der Waals surface area contributed by atoms with Crippen LogP contribution in [0.2, 0.25) is 0 Å². The van der Waals surface area contributed by atoms with Crippen LogP contribution in [0.4, 0.5) is 11.4 Å². The number of anilines is 1. The first-order chi connectivity index (χ1) is 9.45. The summed E-state index contributed by atoms with van der Waals surface area (Å²) in [6.45, 7) is 0.532. The molecule has 0 fully saturated rings. The zero-order valence-electron chi connectivity index (χ0n) is 11.0. The lowest BCUT2D eigenvalue weighted by molar-refractivity contribution is -0.385. The van der Waals surface area contributed by atoms with Crippen LogP contribution >= 0.6 is 15.9 Å². The highest BCUT2D eigenvalue weighted by atomic mass is 79.9. The molecule has 0 aliphatic rings. The third kappa shape index (κ3) is 4.87. The number of halogens is 1. The van der Waals surface area contributed by atoms with Gasteiger partial charge < -0.3 is 15.8 Å². The number of methoxy groups -OCH3 is 1. The predicted octanol–water partition coefficient (Wildman–Crippen LogP) is 2.05. The summed E-state index contributed by atoms with van der Waals surface area (Å²) in [7, 11) is 1.58. The number of rotatable bonds is 7.